The van der Waals surface area contributed by atoms with Crippen LogP contribution in [-0.4, -0.2) is 14.5 Å². The van der Waals surface area contributed by atoms with E-state index in [2.05, 4.69) is 25.9 Å². The minimum Gasteiger partial charge on any atom is -0.436 e. The first-order chi connectivity index (χ1) is 17.1. The van der Waals surface area contributed by atoms with Gasteiger partial charge in [0.05, 0.1) is 22.5 Å². The first kappa shape index (κ1) is 21.3. The SMILES string of the molecule is Cc1csc(Nc2ccc(-c3c(C#N)c4ccc(Oc5ncccc5F)cc4n3C3CC3)cc2)n1. The van der Waals surface area contributed by atoms with Gasteiger partial charge < -0.3 is 14.6 Å². The zero-order valence-electron chi connectivity index (χ0n) is 18.8. The molecule has 1 N–H and O–H groups in total. The number of benzene rings is 2. The Kier molecular flexibility index (Phi) is 5.20. The van der Waals surface area contributed by atoms with Crippen molar-refractivity contribution in [2.24, 2.45) is 0 Å². The number of pyridine rings is 1. The number of nitriles is 1. The fourth-order valence-electron chi connectivity index (χ4n) is 4.27. The van der Waals surface area contributed by atoms with Gasteiger partial charge in [-0.2, -0.15) is 5.26 Å². The molecule has 0 radical (unpaired) electrons. The van der Waals surface area contributed by atoms with Gasteiger partial charge in [0.2, 0.25) is 0 Å². The Balaban J connectivity index is 1.41. The smallest absolute Gasteiger partial charge is 0.255 e. The minimum absolute atomic E-state index is 0.0735. The van der Waals surface area contributed by atoms with Crippen molar-refractivity contribution in [2.75, 3.05) is 5.32 Å². The van der Waals surface area contributed by atoms with Crippen LogP contribution in [0.4, 0.5) is 15.2 Å². The molecule has 0 bridgehead atoms. The molecule has 6 nitrogen and oxygen atoms in total. The number of aryl methyl sites for hydroxylation is 1. The lowest BCUT2D eigenvalue weighted by atomic mass is 10.1. The van der Waals surface area contributed by atoms with E-state index in [1.807, 2.05) is 48.7 Å². The lowest BCUT2D eigenvalue weighted by molar-refractivity contribution is 0.423. The fourth-order valence-corrected chi connectivity index (χ4v) is 4.98. The Labute approximate surface area is 205 Å². The maximum atomic E-state index is 14.1. The van der Waals surface area contributed by atoms with Crippen molar-refractivity contribution < 1.29 is 9.13 Å². The number of fused-ring (bicyclic) bond motifs is 1. The molecule has 0 unspecified atom stereocenters. The molecule has 0 atom stereocenters. The van der Waals surface area contributed by atoms with Gasteiger partial charge >= 0.3 is 0 Å². The van der Waals surface area contributed by atoms with E-state index in [0.717, 1.165) is 51.5 Å². The van der Waals surface area contributed by atoms with Gasteiger partial charge in [-0.15, -0.1) is 11.3 Å². The van der Waals surface area contributed by atoms with Crippen molar-refractivity contribution >= 4 is 33.1 Å². The Bertz CT molecular complexity index is 1590. The Morgan fingerprint density at radius 1 is 1.17 bits per heavy atom. The second-order valence-electron chi connectivity index (χ2n) is 8.50. The lowest BCUT2D eigenvalue weighted by Gasteiger charge is -2.12. The second-order valence-corrected chi connectivity index (χ2v) is 9.36. The van der Waals surface area contributed by atoms with Gasteiger partial charge in [0.15, 0.2) is 10.9 Å². The van der Waals surface area contributed by atoms with Crippen LogP contribution in [0, 0.1) is 24.1 Å². The number of rotatable bonds is 6. The maximum absolute atomic E-state index is 14.1. The summed E-state index contributed by atoms with van der Waals surface area (Å²) in [5.41, 5.74) is 5.29. The summed E-state index contributed by atoms with van der Waals surface area (Å²) < 4.78 is 22.0. The third-order valence-corrected chi connectivity index (χ3v) is 6.84. The topological polar surface area (TPSA) is 75.8 Å². The van der Waals surface area contributed by atoms with Crippen molar-refractivity contribution in [2.45, 2.75) is 25.8 Å². The van der Waals surface area contributed by atoms with Crippen LogP contribution in [0.3, 0.4) is 0 Å². The lowest BCUT2D eigenvalue weighted by Crippen LogP contribution is -1.98. The highest BCUT2D eigenvalue weighted by atomic mass is 32.1. The summed E-state index contributed by atoms with van der Waals surface area (Å²) in [7, 11) is 0. The Hall–Kier alpha value is -4.22. The number of halogens is 1. The van der Waals surface area contributed by atoms with E-state index in [-0.39, 0.29) is 5.88 Å². The first-order valence-electron chi connectivity index (χ1n) is 11.3. The van der Waals surface area contributed by atoms with Crippen LogP contribution in [0.2, 0.25) is 0 Å². The molecule has 172 valence electrons. The zero-order chi connectivity index (χ0) is 23.9. The molecule has 5 aromatic rings. The van der Waals surface area contributed by atoms with Crippen molar-refractivity contribution in [3.05, 3.63) is 83.2 Å². The van der Waals surface area contributed by atoms with E-state index in [1.165, 1.54) is 18.3 Å². The van der Waals surface area contributed by atoms with Crippen LogP contribution >= 0.6 is 11.3 Å². The number of nitrogens with zero attached hydrogens (tertiary/aromatic N) is 4. The summed E-state index contributed by atoms with van der Waals surface area (Å²) in [6.07, 6.45) is 3.58. The molecule has 0 aliphatic heterocycles. The predicted molar refractivity (Wildman–Crippen MR) is 135 cm³/mol. The molecule has 2 aromatic carbocycles. The van der Waals surface area contributed by atoms with Crippen LogP contribution < -0.4 is 10.1 Å². The van der Waals surface area contributed by atoms with Crippen molar-refractivity contribution in [3.63, 3.8) is 0 Å². The Morgan fingerprint density at radius 2 is 2.00 bits per heavy atom. The van der Waals surface area contributed by atoms with Gasteiger partial charge in [0.25, 0.3) is 5.88 Å². The maximum Gasteiger partial charge on any atom is 0.255 e. The number of anilines is 2. The number of nitrogens with one attached hydrogen (secondary N) is 1. The summed E-state index contributed by atoms with van der Waals surface area (Å²) in [5.74, 6) is -0.121. The van der Waals surface area contributed by atoms with Crippen LogP contribution in [0.15, 0.2) is 66.2 Å². The van der Waals surface area contributed by atoms with Gasteiger partial charge in [-0.05, 0) is 61.7 Å². The number of thiazole rings is 1. The monoisotopic (exact) mass is 481 g/mol. The number of hydrogen-bond donors (Lipinski definition) is 1. The van der Waals surface area contributed by atoms with Gasteiger partial charge in [-0.3, -0.25) is 0 Å². The first-order valence-corrected chi connectivity index (χ1v) is 12.1. The van der Waals surface area contributed by atoms with Gasteiger partial charge in [-0.1, -0.05) is 12.1 Å². The largest absolute Gasteiger partial charge is 0.436 e. The quantitative estimate of drug-likeness (QED) is 0.274. The third-order valence-electron chi connectivity index (χ3n) is 5.97. The highest BCUT2D eigenvalue weighted by Crippen LogP contribution is 2.45. The van der Waals surface area contributed by atoms with Crippen molar-refractivity contribution in [1.29, 1.82) is 5.26 Å². The summed E-state index contributed by atoms with van der Waals surface area (Å²) in [6.45, 7) is 1.97. The van der Waals surface area contributed by atoms with Gasteiger partial charge in [0.1, 0.15) is 11.8 Å². The summed E-state index contributed by atoms with van der Waals surface area (Å²) in [5, 5.41) is 17.1. The number of hydrogen-bond acceptors (Lipinski definition) is 6. The summed E-state index contributed by atoms with van der Waals surface area (Å²) >= 11 is 1.56. The average Bonchev–Trinajstić information content (AvgIpc) is 3.54. The van der Waals surface area contributed by atoms with E-state index < -0.39 is 5.82 Å². The molecule has 1 fully saturated rings. The standard InChI is InChI=1S/C27H20FN5OS/c1-16-15-35-27(31-16)32-18-6-4-17(5-7-18)25-22(14-29)21-11-10-20(13-24(21)33(25)19-8-9-19)34-26-23(28)3-2-12-30-26/h2-7,10-13,15,19H,8-9H2,1H3,(H,31,32). The van der Waals surface area contributed by atoms with E-state index in [9.17, 15) is 9.65 Å². The molecule has 1 aliphatic carbocycles. The van der Waals surface area contributed by atoms with Crippen LogP contribution in [0.1, 0.15) is 30.1 Å². The van der Waals surface area contributed by atoms with Crippen molar-refractivity contribution in [1.82, 2.24) is 14.5 Å². The van der Waals surface area contributed by atoms with E-state index in [0.29, 0.717) is 17.4 Å². The van der Waals surface area contributed by atoms with Crippen LogP contribution in [0.5, 0.6) is 11.6 Å². The molecular weight excluding hydrogens is 461 g/mol. The fraction of sp³-hybridized carbons (Fsp3) is 0.148. The second kappa shape index (κ2) is 8.53. The summed E-state index contributed by atoms with van der Waals surface area (Å²) in [4.78, 5) is 8.44. The molecule has 1 aliphatic rings. The normalized spacial score (nSPS) is 13.1. The minimum atomic E-state index is -0.523. The molecule has 0 saturated heterocycles. The summed E-state index contributed by atoms with van der Waals surface area (Å²) in [6, 6.07) is 19.1. The molecular formula is C27H20FN5OS. The van der Waals surface area contributed by atoms with Gasteiger partial charge in [0, 0.05) is 34.8 Å². The van der Waals surface area contributed by atoms with E-state index in [1.54, 1.807) is 17.4 Å². The van der Waals surface area contributed by atoms with E-state index >= 15 is 0 Å². The highest BCUT2D eigenvalue weighted by Gasteiger charge is 2.31. The van der Waals surface area contributed by atoms with Crippen LogP contribution in [-0.2, 0) is 0 Å². The molecule has 0 spiro atoms. The molecule has 8 heteroatoms. The number of aromatic nitrogens is 3. The van der Waals surface area contributed by atoms with Crippen LogP contribution in [0.25, 0.3) is 22.2 Å². The van der Waals surface area contributed by atoms with Crippen molar-refractivity contribution in [3.8, 4) is 29.0 Å². The molecule has 3 heterocycles. The molecule has 1 saturated carbocycles. The molecule has 6 rings (SSSR count). The molecule has 0 amide bonds. The number of ether oxygens (including phenoxy) is 1. The zero-order valence-corrected chi connectivity index (χ0v) is 19.6. The average molecular weight is 482 g/mol. The predicted octanol–water partition coefficient (Wildman–Crippen LogP) is 7.35. The third kappa shape index (κ3) is 4.00. The molecule has 35 heavy (non-hydrogen) atoms. The van der Waals surface area contributed by atoms with Gasteiger partial charge in [-0.25, -0.2) is 14.4 Å². The highest BCUT2D eigenvalue weighted by molar-refractivity contribution is 7.13. The van der Waals surface area contributed by atoms with E-state index in [4.69, 9.17) is 4.74 Å². The molecule has 3 aromatic heterocycles. The Morgan fingerprint density at radius 3 is 2.69 bits per heavy atom.